The summed E-state index contributed by atoms with van der Waals surface area (Å²) >= 11 is 1.55. The zero-order chi connectivity index (χ0) is 13.5. The summed E-state index contributed by atoms with van der Waals surface area (Å²) < 4.78 is 18.5. The molecule has 100 valence electrons. The van der Waals surface area contributed by atoms with Gasteiger partial charge in [-0.2, -0.15) is 0 Å². The highest BCUT2D eigenvalue weighted by Gasteiger charge is 2.04. The van der Waals surface area contributed by atoms with Gasteiger partial charge in [0.05, 0.1) is 13.0 Å². The molecule has 2 aromatic rings. The van der Waals surface area contributed by atoms with Crippen molar-refractivity contribution in [2.45, 2.75) is 6.42 Å². The number of amides is 1. The summed E-state index contributed by atoms with van der Waals surface area (Å²) in [5.41, 5.74) is 0. The van der Waals surface area contributed by atoms with E-state index in [0.717, 1.165) is 4.88 Å². The van der Waals surface area contributed by atoms with Crippen LogP contribution in [-0.4, -0.2) is 19.1 Å². The summed E-state index contributed by atoms with van der Waals surface area (Å²) in [6, 6.07) is 10.0. The van der Waals surface area contributed by atoms with E-state index in [4.69, 9.17) is 4.74 Å². The molecule has 0 radical (unpaired) electrons. The van der Waals surface area contributed by atoms with Crippen molar-refractivity contribution < 1.29 is 13.9 Å². The van der Waals surface area contributed by atoms with E-state index in [0.29, 0.717) is 13.0 Å². The van der Waals surface area contributed by atoms with Crippen molar-refractivity contribution in [1.82, 2.24) is 5.32 Å². The van der Waals surface area contributed by atoms with Crippen LogP contribution < -0.4 is 10.1 Å². The minimum atomic E-state index is -0.396. The van der Waals surface area contributed by atoms with Crippen LogP contribution in [0.3, 0.4) is 0 Å². The number of thiophene rings is 1. The van der Waals surface area contributed by atoms with Gasteiger partial charge in [0.25, 0.3) is 0 Å². The molecule has 0 aliphatic rings. The minimum Gasteiger partial charge on any atom is -0.489 e. The molecular weight excluding hydrogens is 265 g/mol. The monoisotopic (exact) mass is 279 g/mol. The maximum atomic E-state index is 13.2. The van der Waals surface area contributed by atoms with Crippen molar-refractivity contribution in [3.8, 4) is 5.75 Å². The van der Waals surface area contributed by atoms with E-state index in [-0.39, 0.29) is 18.3 Å². The van der Waals surface area contributed by atoms with Gasteiger partial charge in [-0.1, -0.05) is 18.2 Å². The van der Waals surface area contributed by atoms with Gasteiger partial charge in [-0.15, -0.1) is 11.3 Å². The molecule has 0 spiro atoms. The highest BCUT2D eigenvalue weighted by Crippen LogP contribution is 2.14. The zero-order valence-electron chi connectivity index (χ0n) is 10.3. The number of nitrogens with one attached hydrogen (secondary N) is 1. The summed E-state index contributed by atoms with van der Waals surface area (Å²) in [4.78, 5) is 12.6. The van der Waals surface area contributed by atoms with Crippen molar-refractivity contribution in [2.75, 3.05) is 13.2 Å². The van der Waals surface area contributed by atoms with Crippen LogP contribution >= 0.6 is 11.3 Å². The Morgan fingerprint density at radius 1 is 1.26 bits per heavy atom. The van der Waals surface area contributed by atoms with E-state index in [1.807, 2.05) is 17.5 Å². The fraction of sp³-hybridized carbons (Fsp3) is 0.214. The number of carbonyl (C=O) groups excluding carboxylic acids is 1. The fourth-order valence-corrected chi connectivity index (χ4v) is 2.25. The molecule has 2 rings (SSSR count). The van der Waals surface area contributed by atoms with E-state index in [9.17, 15) is 9.18 Å². The predicted octanol–water partition coefficient (Wildman–Crippen LogP) is 2.62. The molecule has 0 saturated carbocycles. The van der Waals surface area contributed by atoms with Gasteiger partial charge in [0, 0.05) is 4.88 Å². The number of carbonyl (C=O) groups is 1. The van der Waals surface area contributed by atoms with Crippen molar-refractivity contribution in [3.05, 3.63) is 52.5 Å². The van der Waals surface area contributed by atoms with Crippen LogP contribution in [0.2, 0.25) is 0 Å². The molecule has 19 heavy (non-hydrogen) atoms. The summed E-state index contributed by atoms with van der Waals surface area (Å²) in [7, 11) is 0. The van der Waals surface area contributed by atoms with Crippen molar-refractivity contribution in [2.24, 2.45) is 0 Å². The van der Waals surface area contributed by atoms with Crippen LogP contribution in [0, 0.1) is 5.82 Å². The van der Waals surface area contributed by atoms with Crippen molar-refractivity contribution >= 4 is 17.2 Å². The van der Waals surface area contributed by atoms with Crippen LogP contribution in [0.5, 0.6) is 5.75 Å². The molecule has 0 bridgehead atoms. The van der Waals surface area contributed by atoms with E-state index < -0.39 is 5.82 Å². The first-order valence-corrected chi connectivity index (χ1v) is 6.80. The Labute approximate surface area is 115 Å². The third-order valence-electron chi connectivity index (χ3n) is 2.43. The summed E-state index contributed by atoms with van der Waals surface area (Å²) in [5, 5.41) is 4.67. The Hall–Kier alpha value is -1.88. The number of ether oxygens (including phenoxy) is 1. The highest BCUT2D eigenvalue weighted by molar-refractivity contribution is 7.10. The Morgan fingerprint density at radius 2 is 2.11 bits per heavy atom. The minimum absolute atomic E-state index is 0.0559. The number of benzene rings is 1. The van der Waals surface area contributed by atoms with Crippen molar-refractivity contribution in [1.29, 1.82) is 0 Å². The first kappa shape index (κ1) is 13.5. The number of hydrogen-bond donors (Lipinski definition) is 1. The molecule has 0 aliphatic heterocycles. The lowest BCUT2D eigenvalue weighted by Gasteiger charge is -2.08. The van der Waals surface area contributed by atoms with Gasteiger partial charge in [0.1, 0.15) is 6.61 Å². The maximum absolute atomic E-state index is 13.2. The summed E-state index contributed by atoms with van der Waals surface area (Å²) in [5.74, 6) is -0.248. The molecule has 0 aliphatic carbocycles. The molecule has 1 amide bonds. The topological polar surface area (TPSA) is 38.3 Å². The van der Waals surface area contributed by atoms with Crippen LogP contribution in [-0.2, 0) is 11.2 Å². The SMILES string of the molecule is O=C(Cc1cccs1)NCCOc1ccccc1F. The quantitative estimate of drug-likeness (QED) is 0.826. The molecule has 0 saturated heterocycles. The summed E-state index contributed by atoms with van der Waals surface area (Å²) in [6.07, 6.45) is 0.372. The highest BCUT2D eigenvalue weighted by atomic mass is 32.1. The molecule has 1 aromatic heterocycles. The fourth-order valence-electron chi connectivity index (χ4n) is 1.55. The van der Waals surface area contributed by atoms with Gasteiger partial charge in [0.2, 0.25) is 5.91 Å². The van der Waals surface area contributed by atoms with E-state index in [2.05, 4.69) is 5.32 Å². The molecule has 5 heteroatoms. The average Bonchev–Trinajstić information content (AvgIpc) is 2.89. The van der Waals surface area contributed by atoms with Gasteiger partial charge >= 0.3 is 0 Å². The lowest BCUT2D eigenvalue weighted by molar-refractivity contribution is -0.120. The number of halogens is 1. The predicted molar refractivity (Wildman–Crippen MR) is 72.9 cm³/mol. The van der Waals surface area contributed by atoms with E-state index >= 15 is 0 Å². The largest absolute Gasteiger partial charge is 0.489 e. The van der Waals surface area contributed by atoms with Gasteiger partial charge < -0.3 is 10.1 Å². The molecule has 0 fully saturated rings. The zero-order valence-corrected chi connectivity index (χ0v) is 11.1. The number of rotatable bonds is 6. The lowest BCUT2D eigenvalue weighted by Crippen LogP contribution is -2.29. The molecule has 1 aromatic carbocycles. The lowest BCUT2D eigenvalue weighted by atomic mass is 10.3. The number of hydrogen-bond acceptors (Lipinski definition) is 3. The third kappa shape index (κ3) is 4.37. The van der Waals surface area contributed by atoms with Gasteiger partial charge in [-0.05, 0) is 23.6 Å². The molecular formula is C14H14FNO2S. The number of para-hydroxylation sites is 1. The second-order valence-corrected chi connectivity index (χ2v) is 4.92. The van der Waals surface area contributed by atoms with Gasteiger partial charge in [0.15, 0.2) is 11.6 Å². The van der Waals surface area contributed by atoms with E-state index in [1.54, 1.807) is 29.5 Å². The standard InChI is InChI=1S/C14H14FNO2S/c15-12-5-1-2-6-13(12)18-8-7-16-14(17)10-11-4-3-9-19-11/h1-6,9H,7-8,10H2,(H,16,17). The Morgan fingerprint density at radius 3 is 2.84 bits per heavy atom. The van der Waals surface area contributed by atoms with Crippen molar-refractivity contribution in [3.63, 3.8) is 0 Å². The molecule has 3 nitrogen and oxygen atoms in total. The Kier molecular flexibility index (Phi) is 4.92. The summed E-state index contributed by atoms with van der Waals surface area (Å²) in [6.45, 7) is 0.607. The smallest absolute Gasteiger partial charge is 0.225 e. The average molecular weight is 279 g/mol. The Balaban J connectivity index is 1.67. The van der Waals surface area contributed by atoms with Gasteiger partial charge in [-0.3, -0.25) is 4.79 Å². The second kappa shape index (κ2) is 6.89. The van der Waals surface area contributed by atoms with Crippen LogP contribution in [0.15, 0.2) is 41.8 Å². The molecule has 0 unspecified atom stereocenters. The second-order valence-electron chi connectivity index (χ2n) is 3.88. The Bertz CT molecular complexity index is 528. The van der Waals surface area contributed by atoms with Crippen LogP contribution in [0.25, 0.3) is 0 Å². The molecule has 0 atom stereocenters. The van der Waals surface area contributed by atoms with Crippen LogP contribution in [0.1, 0.15) is 4.88 Å². The van der Waals surface area contributed by atoms with Crippen LogP contribution in [0.4, 0.5) is 4.39 Å². The molecule has 1 heterocycles. The first-order valence-electron chi connectivity index (χ1n) is 5.92. The normalized spacial score (nSPS) is 10.2. The molecule has 1 N–H and O–H groups in total. The third-order valence-corrected chi connectivity index (χ3v) is 3.31. The maximum Gasteiger partial charge on any atom is 0.225 e. The van der Waals surface area contributed by atoms with E-state index in [1.165, 1.54) is 6.07 Å². The van der Waals surface area contributed by atoms with Gasteiger partial charge in [-0.25, -0.2) is 4.39 Å². The first-order chi connectivity index (χ1) is 9.25.